The van der Waals surface area contributed by atoms with Crippen molar-refractivity contribution in [3.05, 3.63) is 95.0 Å². The van der Waals surface area contributed by atoms with E-state index >= 15 is 0 Å². The van der Waals surface area contributed by atoms with Crippen molar-refractivity contribution in [1.29, 1.82) is 0 Å². The SMILES string of the molecule is Cc1ccc(CN(C(=O)CN(c2cccc(Cl)c2)S(=O)(=O)c2ccccc2)[C@H](C)C(=O)NC2CCCCC2)cc1. The maximum absolute atomic E-state index is 14.0. The molecule has 0 radical (unpaired) electrons. The molecule has 0 bridgehead atoms. The Balaban J connectivity index is 1.66. The lowest BCUT2D eigenvalue weighted by molar-refractivity contribution is -0.139. The summed E-state index contributed by atoms with van der Waals surface area (Å²) in [5.74, 6) is -0.737. The Labute approximate surface area is 242 Å². The van der Waals surface area contributed by atoms with Crippen LogP contribution in [0.2, 0.25) is 5.02 Å². The molecule has 1 aliphatic carbocycles. The Morgan fingerprint density at radius 1 is 0.950 bits per heavy atom. The maximum atomic E-state index is 14.0. The fourth-order valence-electron chi connectivity index (χ4n) is 4.92. The number of sulfonamides is 1. The summed E-state index contributed by atoms with van der Waals surface area (Å²) >= 11 is 6.22. The molecule has 9 heteroatoms. The molecular formula is C31H36ClN3O4S. The molecule has 7 nitrogen and oxygen atoms in total. The summed E-state index contributed by atoms with van der Waals surface area (Å²) in [6.07, 6.45) is 5.13. The first-order valence-corrected chi connectivity index (χ1v) is 15.5. The fraction of sp³-hybridized carbons (Fsp3) is 0.355. The van der Waals surface area contributed by atoms with Crippen LogP contribution < -0.4 is 9.62 Å². The standard InChI is InChI=1S/C31H36ClN3O4S/c1-23-16-18-25(19-17-23)21-34(24(2)31(37)33-27-11-5-3-6-12-27)30(36)22-35(28-13-9-10-26(32)20-28)40(38,39)29-14-7-4-8-15-29/h4,7-10,13-20,24,27H,3,5-6,11-12,21-22H2,1-2H3,(H,33,37)/t24-/m1/s1. The normalized spacial score (nSPS) is 14.8. The molecule has 2 amide bonds. The average Bonchev–Trinajstić information content (AvgIpc) is 2.96. The molecule has 0 aromatic heterocycles. The number of halogens is 1. The van der Waals surface area contributed by atoms with Gasteiger partial charge in [0.2, 0.25) is 11.8 Å². The van der Waals surface area contributed by atoms with Gasteiger partial charge in [0, 0.05) is 17.6 Å². The molecule has 212 valence electrons. The zero-order valence-electron chi connectivity index (χ0n) is 22.9. The van der Waals surface area contributed by atoms with Crippen LogP contribution in [0.15, 0.2) is 83.8 Å². The Morgan fingerprint density at radius 2 is 1.62 bits per heavy atom. The van der Waals surface area contributed by atoms with E-state index in [1.165, 1.54) is 23.1 Å². The van der Waals surface area contributed by atoms with Crippen LogP contribution in [0.3, 0.4) is 0 Å². The number of carbonyl (C=O) groups is 2. The number of hydrogen-bond acceptors (Lipinski definition) is 4. The van der Waals surface area contributed by atoms with Crippen molar-refractivity contribution < 1.29 is 18.0 Å². The summed E-state index contributed by atoms with van der Waals surface area (Å²) in [6.45, 7) is 3.33. The number of hydrogen-bond donors (Lipinski definition) is 1. The van der Waals surface area contributed by atoms with E-state index in [1.807, 2.05) is 31.2 Å². The van der Waals surface area contributed by atoms with Gasteiger partial charge in [-0.05, 0) is 62.6 Å². The van der Waals surface area contributed by atoms with Gasteiger partial charge in [-0.15, -0.1) is 0 Å². The zero-order chi connectivity index (χ0) is 28.7. The van der Waals surface area contributed by atoms with Crippen molar-refractivity contribution in [3.8, 4) is 0 Å². The summed E-state index contributed by atoms with van der Waals surface area (Å²) in [5, 5.41) is 3.46. The smallest absolute Gasteiger partial charge is 0.264 e. The third kappa shape index (κ3) is 7.43. The molecule has 1 N–H and O–H groups in total. The van der Waals surface area contributed by atoms with Gasteiger partial charge in [-0.1, -0.05) is 85.0 Å². The van der Waals surface area contributed by atoms with Crippen LogP contribution >= 0.6 is 11.6 Å². The van der Waals surface area contributed by atoms with Gasteiger partial charge in [0.25, 0.3) is 10.0 Å². The molecule has 1 saturated carbocycles. The molecule has 0 spiro atoms. The molecular weight excluding hydrogens is 546 g/mol. The van der Waals surface area contributed by atoms with Gasteiger partial charge in [0.15, 0.2) is 0 Å². The largest absolute Gasteiger partial charge is 0.352 e. The van der Waals surface area contributed by atoms with Gasteiger partial charge < -0.3 is 10.2 Å². The minimum Gasteiger partial charge on any atom is -0.352 e. The summed E-state index contributed by atoms with van der Waals surface area (Å²) in [6, 6.07) is 21.4. The molecule has 0 aliphatic heterocycles. The van der Waals surface area contributed by atoms with Crippen LogP contribution in [-0.2, 0) is 26.2 Å². The topological polar surface area (TPSA) is 86.8 Å². The third-order valence-electron chi connectivity index (χ3n) is 7.30. The Bertz CT molecular complexity index is 1410. The molecule has 4 rings (SSSR count). The number of nitrogens with zero attached hydrogens (tertiary/aromatic N) is 2. The second-order valence-corrected chi connectivity index (χ2v) is 12.6. The highest BCUT2D eigenvalue weighted by Gasteiger charge is 2.33. The quantitative estimate of drug-likeness (QED) is 0.332. The molecule has 1 fully saturated rings. The number of benzene rings is 3. The fourth-order valence-corrected chi connectivity index (χ4v) is 6.53. The number of anilines is 1. The van der Waals surface area contributed by atoms with Gasteiger partial charge >= 0.3 is 0 Å². The van der Waals surface area contributed by atoms with E-state index in [1.54, 1.807) is 43.3 Å². The second-order valence-electron chi connectivity index (χ2n) is 10.3. The van der Waals surface area contributed by atoms with Crippen LogP contribution in [0.5, 0.6) is 0 Å². The van der Waals surface area contributed by atoms with E-state index in [0.29, 0.717) is 5.02 Å². The predicted molar refractivity (Wildman–Crippen MR) is 159 cm³/mol. The van der Waals surface area contributed by atoms with Crippen molar-refractivity contribution in [1.82, 2.24) is 10.2 Å². The van der Waals surface area contributed by atoms with E-state index < -0.39 is 28.5 Å². The maximum Gasteiger partial charge on any atom is 0.264 e. The summed E-state index contributed by atoms with van der Waals surface area (Å²) < 4.78 is 28.7. The highest BCUT2D eigenvalue weighted by molar-refractivity contribution is 7.92. The second kappa shape index (κ2) is 13.3. The minimum atomic E-state index is -4.12. The molecule has 0 unspecified atom stereocenters. The molecule has 40 heavy (non-hydrogen) atoms. The first-order valence-electron chi connectivity index (χ1n) is 13.6. The highest BCUT2D eigenvalue weighted by Crippen LogP contribution is 2.27. The van der Waals surface area contributed by atoms with Crippen molar-refractivity contribution in [3.63, 3.8) is 0 Å². The van der Waals surface area contributed by atoms with Gasteiger partial charge in [-0.25, -0.2) is 8.42 Å². The number of aryl methyl sites for hydroxylation is 1. The lowest BCUT2D eigenvalue weighted by Crippen LogP contribution is -2.53. The monoisotopic (exact) mass is 581 g/mol. The van der Waals surface area contributed by atoms with E-state index in [4.69, 9.17) is 11.6 Å². The van der Waals surface area contributed by atoms with Crippen LogP contribution in [0.4, 0.5) is 5.69 Å². The number of rotatable bonds is 10. The summed E-state index contributed by atoms with van der Waals surface area (Å²) in [4.78, 5) is 28.9. The third-order valence-corrected chi connectivity index (χ3v) is 9.32. The Morgan fingerprint density at radius 3 is 2.27 bits per heavy atom. The number of amides is 2. The van der Waals surface area contributed by atoms with Crippen LogP contribution in [0.25, 0.3) is 0 Å². The van der Waals surface area contributed by atoms with Gasteiger partial charge in [0.1, 0.15) is 12.6 Å². The highest BCUT2D eigenvalue weighted by atomic mass is 35.5. The van der Waals surface area contributed by atoms with E-state index in [9.17, 15) is 18.0 Å². The first-order chi connectivity index (χ1) is 19.1. The zero-order valence-corrected chi connectivity index (χ0v) is 24.5. The molecule has 0 heterocycles. The van der Waals surface area contributed by atoms with Gasteiger partial charge in [0.05, 0.1) is 10.6 Å². The molecule has 1 aliphatic rings. The molecule has 3 aromatic carbocycles. The lowest BCUT2D eigenvalue weighted by atomic mass is 9.95. The minimum absolute atomic E-state index is 0.0518. The van der Waals surface area contributed by atoms with Crippen LogP contribution in [0, 0.1) is 6.92 Å². The van der Waals surface area contributed by atoms with Gasteiger partial charge in [-0.3, -0.25) is 13.9 Å². The predicted octanol–water partition coefficient (Wildman–Crippen LogP) is 5.71. The number of nitrogens with one attached hydrogen (secondary N) is 1. The van der Waals surface area contributed by atoms with Gasteiger partial charge in [-0.2, -0.15) is 0 Å². The van der Waals surface area contributed by atoms with E-state index in [2.05, 4.69) is 5.32 Å². The van der Waals surface area contributed by atoms with Crippen LogP contribution in [-0.4, -0.2) is 43.8 Å². The average molecular weight is 582 g/mol. The van der Waals surface area contributed by atoms with E-state index in [-0.39, 0.29) is 29.1 Å². The van der Waals surface area contributed by atoms with Crippen LogP contribution in [0.1, 0.15) is 50.2 Å². The summed E-state index contributed by atoms with van der Waals surface area (Å²) in [7, 11) is -4.12. The first kappa shape index (κ1) is 29.6. The molecule has 0 saturated heterocycles. The van der Waals surface area contributed by atoms with E-state index in [0.717, 1.165) is 47.5 Å². The van der Waals surface area contributed by atoms with Crippen molar-refractivity contribution >= 4 is 39.1 Å². The Hall–Kier alpha value is -3.36. The van der Waals surface area contributed by atoms with Crippen molar-refractivity contribution in [2.75, 3.05) is 10.8 Å². The molecule has 1 atom stereocenters. The van der Waals surface area contributed by atoms with Crippen molar-refractivity contribution in [2.24, 2.45) is 0 Å². The molecule has 3 aromatic rings. The van der Waals surface area contributed by atoms with Crippen molar-refractivity contribution in [2.45, 2.75) is 69.5 Å². The number of carbonyl (C=O) groups excluding carboxylic acids is 2. The summed E-state index contributed by atoms with van der Waals surface area (Å²) in [5.41, 5.74) is 2.18. The lowest BCUT2D eigenvalue weighted by Gasteiger charge is -2.33. The Kier molecular flexibility index (Phi) is 9.87.